The average Bonchev–Trinajstić information content (AvgIpc) is 2.93. The van der Waals surface area contributed by atoms with Crippen molar-refractivity contribution in [2.45, 2.75) is 52.0 Å². The van der Waals surface area contributed by atoms with Gasteiger partial charge in [0.1, 0.15) is 11.4 Å². The maximum absolute atomic E-state index is 5.78. The molecule has 28 heavy (non-hydrogen) atoms. The quantitative estimate of drug-likeness (QED) is 0.514. The number of thiocarbonyl (C=S) groups is 1. The summed E-state index contributed by atoms with van der Waals surface area (Å²) >= 11 is 9.33. The van der Waals surface area contributed by atoms with Gasteiger partial charge in [0.05, 0.1) is 0 Å². The van der Waals surface area contributed by atoms with Crippen LogP contribution in [0.4, 0.5) is 11.4 Å². The van der Waals surface area contributed by atoms with E-state index in [2.05, 4.69) is 89.4 Å². The highest BCUT2D eigenvalue weighted by Crippen LogP contribution is 2.44. The normalized spacial score (nSPS) is 24.6. The van der Waals surface area contributed by atoms with E-state index in [0.717, 1.165) is 40.4 Å². The summed E-state index contributed by atoms with van der Waals surface area (Å²) in [6, 6.07) is 14.8. The Bertz CT molecular complexity index is 907. The van der Waals surface area contributed by atoms with Gasteiger partial charge in [-0.3, -0.25) is 0 Å². The van der Waals surface area contributed by atoms with Crippen LogP contribution in [-0.4, -0.2) is 16.5 Å². The molecule has 146 valence electrons. The molecule has 4 rings (SSSR count). The standard InChI is InChI=1S/C23H26BrN3S/c1-15-11-13-23(14-12-15)21(25-20-16(2)5-4-6-17(20)3)26-22(28)27(23)19-9-7-18(24)8-10-19/h4-10,15H,11-14H2,1-3H3,(H,25,26,28). The third kappa shape index (κ3) is 3.39. The molecule has 1 fully saturated rings. The lowest BCUT2D eigenvalue weighted by atomic mass is 9.75. The van der Waals surface area contributed by atoms with Gasteiger partial charge in [-0.2, -0.15) is 0 Å². The van der Waals surface area contributed by atoms with Gasteiger partial charge in [-0.15, -0.1) is 0 Å². The van der Waals surface area contributed by atoms with Crippen LogP contribution in [0.3, 0.4) is 0 Å². The van der Waals surface area contributed by atoms with Gasteiger partial charge in [0, 0.05) is 15.8 Å². The maximum Gasteiger partial charge on any atom is 0.202 e. The molecule has 1 aliphatic heterocycles. The molecule has 1 saturated carbocycles. The lowest BCUT2D eigenvalue weighted by Gasteiger charge is -2.44. The highest BCUT2D eigenvalue weighted by atomic mass is 79.9. The highest BCUT2D eigenvalue weighted by molar-refractivity contribution is 9.10. The summed E-state index contributed by atoms with van der Waals surface area (Å²) in [7, 11) is 0. The minimum absolute atomic E-state index is 0.188. The van der Waals surface area contributed by atoms with Crippen molar-refractivity contribution in [3.63, 3.8) is 0 Å². The van der Waals surface area contributed by atoms with Gasteiger partial charge in [0.2, 0.25) is 5.11 Å². The molecule has 0 bridgehead atoms. The first-order chi connectivity index (χ1) is 13.4. The number of anilines is 2. The van der Waals surface area contributed by atoms with Crippen molar-refractivity contribution in [3.05, 3.63) is 58.1 Å². The zero-order valence-electron chi connectivity index (χ0n) is 16.6. The van der Waals surface area contributed by atoms with Crippen molar-refractivity contribution in [2.24, 2.45) is 10.9 Å². The first kappa shape index (κ1) is 19.6. The molecule has 1 heterocycles. The van der Waals surface area contributed by atoms with Gasteiger partial charge in [0.15, 0.2) is 0 Å². The maximum atomic E-state index is 5.78. The average molecular weight is 456 g/mol. The monoisotopic (exact) mass is 455 g/mol. The Hall–Kier alpha value is -1.72. The molecule has 0 radical (unpaired) electrons. The number of aliphatic imine (C=N–C) groups is 1. The number of para-hydroxylation sites is 1. The smallest absolute Gasteiger partial charge is 0.202 e. The second kappa shape index (κ2) is 7.60. The predicted molar refractivity (Wildman–Crippen MR) is 127 cm³/mol. The Kier molecular flexibility index (Phi) is 5.32. The van der Waals surface area contributed by atoms with Gasteiger partial charge in [-0.05, 0) is 93.1 Å². The van der Waals surface area contributed by atoms with Crippen molar-refractivity contribution in [3.8, 4) is 0 Å². The topological polar surface area (TPSA) is 27.6 Å². The number of halogens is 1. The summed E-state index contributed by atoms with van der Waals surface area (Å²) < 4.78 is 1.07. The SMILES string of the molecule is Cc1cccc(C)c1NC1=NC(=S)N(c2ccc(Br)cc2)C12CCC(C)CC2. The molecule has 3 nitrogen and oxygen atoms in total. The van der Waals surface area contributed by atoms with Crippen LogP contribution in [0.1, 0.15) is 43.7 Å². The third-order valence-corrected chi connectivity index (χ3v) is 6.98. The van der Waals surface area contributed by atoms with Crippen LogP contribution < -0.4 is 10.2 Å². The zero-order chi connectivity index (χ0) is 19.9. The minimum Gasteiger partial charge on any atom is -0.341 e. The third-order valence-electron chi connectivity index (χ3n) is 6.18. The molecule has 0 atom stereocenters. The van der Waals surface area contributed by atoms with Gasteiger partial charge < -0.3 is 10.2 Å². The van der Waals surface area contributed by atoms with Crippen LogP contribution in [-0.2, 0) is 0 Å². The fourth-order valence-corrected chi connectivity index (χ4v) is 5.10. The second-order valence-electron chi connectivity index (χ2n) is 8.16. The molecule has 0 unspecified atom stereocenters. The molecule has 1 spiro atoms. The molecule has 2 aliphatic rings. The largest absolute Gasteiger partial charge is 0.341 e. The first-order valence-corrected chi connectivity index (χ1v) is 11.1. The molecule has 2 aromatic rings. The molecular weight excluding hydrogens is 430 g/mol. The molecule has 2 aromatic carbocycles. The van der Waals surface area contributed by atoms with E-state index < -0.39 is 0 Å². The number of aryl methyl sites for hydroxylation is 2. The van der Waals surface area contributed by atoms with Crippen LogP contribution >= 0.6 is 28.1 Å². The lowest BCUT2D eigenvalue weighted by molar-refractivity contribution is 0.311. The summed E-state index contributed by atoms with van der Waals surface area (Å²) in [5.41, 5.74) is 4.54. The fraction of sp³-hybridized carbons (Fsp3) is 0.391. The Morgan fingerprint density at radius 1 is 1.07 bits per heavy atom. The van der Waals surface area contributed by atoms with Crippen molar-refractivity contribution in [1.29, 1.82) is 0 Å². The van der Waals surface area contributed by atoms with E-state index in [4.69, 9.17) is 17.2 Å². The van der Waals surface area contributed by atoms with E-state index in [1.165, 1.54) is 24.0 Å². The van der Waals surface area contributed by atoms with Gasteiger partial charge in [-0.1, -0.05) is 41.1 Å². The number of nitrogens with one attached hydrogen (secondary N) is 1. The fourth-order valence-electron chi connectivity index (χ4n) is 4.46. The van der Waals surface area contributed by atoms with Crippen LogP contribution in [0.2, 0.25) is 0 Å². The van der Waals surface area contributed by atoms with Crippen LogP contribution in [0.25, 0.3) is 0 Å². The number of rotatable bonds is 2. The number of hydrogen-bond acceptors (Lipinski definition) is 2. The van der Waals surface area contributed by atoms with E-state index in [0.29, 0.717) is 5.11 Å². The number of benzene rings is 2. The van der Waals surface area contributed by atoms with E-state index in [1.54, 1.807) is 0 Å². The van der Waals surface area contributed by atoms with Crippen molar-refractivity contribution >= 4 is 50.5 Å². The summed E-state index contributed by atoms with van der Waals surface area (Å²) in [6.07, 6.45) is 4.48. The lowest BCUT2D eigenvalue weighted by Crippen LogP contribution is -2.55. The Labute approximate surface area is 181 Å². The Morgan fingerprint density at radius 3 is 2.29 bits per heavy atom. The molecule has 5 heteroatoms. The molecule has 1 aliphatic carbocycles. The molecule has 0 amide bonds. The Morgan fingerprint density at radius 2 is 1.68 bits per heavy atom. The number of hydrogen-bond donors (Lipinski definition) is 1. The summed E-state index contributed by atoms with van der Waals surface area (Å²) in [4.78, 5) is 7.19. The molecule has 0 aromatic heterocycles. The Balaban J connectivity index is 1.76. The molecule has 1 N–H and O–H groups in total. The van der Waals surface area contributed by atoms with Crippen molar-refractivity contribution < 1.29 is 0 Å². The van der Waals surface area contributed by atoms with E-state index in [9.17, 15) is 0 Å². The highest BCUT2D eigenvalue weighted by Gasteiger charge is 2.50. The summed E-state index contributed by atoms with van der Waals surface area (Å²) in [6.45, 7) is 6.64. The minimum atomic E-state index is -0.188. The van der Waals surface area contributed by atoms with E-state index >= 15 is 0 Å². The van der Waals surface area contributed by atoms with E-state index in [-0.39, 0.29) is 5.54 Å². The molecular formula is C23H26BrN3S. The van der Waals surface area contributed by atoms with Gasteiger partial charge in [0.25, 0.3) is 0 Å². The zero-order valence-corrected chi connectivity index (χ0v) is 19.0. The summed E-state index contributed by atoms with van der Waals surface area (Å²) in [5, 5.41) is 4.36. The van der Waals surface area contributed by atoms with Crippen LogP contribution in [0.15, 0.2) is 51.9 Å². The van der Waals surface area contributed by atoms with Crippen molar-refractivity contribution in [2.75, 3.05) is 10.2 Å². The van der Waals surface area contributed by atoms with Crippen LogP contribution in [0, 0.1) is 19.8 Å². The first-order valence-electron chi connectivity index (χ1n) is 9.93. The number of nitrogens with zero attached hydrogens (tertiary/aromatic N) is 2. The van der Waals surface area contributed by atoms with Crippen molar-refractivity contribution in [1.82, 2.24) is 0 Å². The molecule has 0 saturated heterocycles. The predicted octanol–water partition coefficient (Wildman–Crippen LogP) is 6.63. The second-order valence-corrected chi connectivity index (χ2v) is 9.44. The van der Waals surface area contributed by atoms with Gasteiger partial charge >= 0.3 is 0 Å². The van der Waals surface area contributed by atoms with Gasteiger partial charge in [-0.25, -0.2) is 4.99 Å². The van der Waals surface area contributed by atoms with Crippen LogP contribution in [0.5, 0.6) is 0 Å². The summed E-state index contributed by atoms with van der Waals surface area (Å²) in [5.74, 6) is 1.75. The number of amidine groups is 1. The van der Waals surface area contributed by atoms with E-state index in [1.807, 2.05) is 0 Å².